The second-order valence-corrected chi connectivity index (χ2v) is 7.22. The number of hydrogen-bond donors (Lipinski definition) is 0. The number of methoxy groups -OCH3 is 1. The van der Waals surface area contributed by atoms with Crippen molar-refractivity contribution in [3.05, 3.63) is 23.8 Å². The summed E-state index contributed by atoms with van der Waals surface area (Å²) in [4.78, 5) is 0.227. The van der Waals surface area contributed by atoms with E-state index in [1.54, 1.807) is 22.5 Å². The number of halogens is 1. The number of nitrogens with zero attached hydrogens (tertiary/aromatic N) is 1. The van der Waals surface area contributed by atoms with E-state index in [-0.39, 0.29) is 4.90 Å². The van der Waals surface area contributed by atoms with Crippen LogP contribution in [0.3, 0.4) is 0 Å². The van der Waals surface area contributed by atoms with Gasteiger partial charge in [0.1, 0.15) is 10.6 Å². The van der Waals surface area contributed by atoms with Gasteiger partial charge in [0.15, 0.2) is 0 Å². The third-order valence-electron chi connectivity index (χ3n) is 3.83. The van der Waals surface area contributed by atoms with Crippen molar-refractivity contribution in [2.45, 2.75) is 30.5 Å². The quantitative estimate of drug-likeness (QED) is 0.785. The van der Waals surface area contributed by atoms with E-state index in [9.17, 15) is 8.42 Å². The minimum Gasteiger partial charge on any atom is -0.495 e. The van der Waals surface area contributed by atoms with Gasteiger partial charge in [-0.2, -0.15) is 4.31 Å². The Morgan fingerprint density at radius 3 is 2.75 bits per heavy atom. The van der Waals surface area contributed by atoms with Crippen molar-refractivity contribution in [1.29, 1.82) is 0 Å². The lowest BCUT2D eigenvalue weighted by atomic mass is 10.1. The maximum absolute atomic E-state index is 12.7. The van der Waals surface area contributed by atoms with Gasteiger partial charge in [-0.3, -0.25) is 0 Å². The first kappa shape index (κ1) is 15.6. The highest BCUT2D eigenvalue weighted by Gasteiger charge is 2.33. The summed E-state index contributed by atoms with van der Waals surface area (Å²) in [6.07, 6.45) is 1.94. The molecule has 1 atom stereocenters. The van der Waals surface area contributed by atoms with Crippen LogP contribution >= 0.6 is 11.6 Å². The van der Waals surface area contributed by atoms with Crippen molar-refractivity contribution in [3.63, 3.8) is 0 Å². The van der Waals surface area contributed by atoms with Crippen LogP contribution in [0.4, 0.5) is 0 Å². The van der Waals surface area contributed by atoms with Crippen molar-refractivity contribution in [2.24, 2.45) is 5.92 Å². The average Bonchev–Trinajstić information content (AvgIpc) is 2.96. The highest BCUT2D eigenvalue weighted by Crippen LogP contribution is 2.32. The van der Waals surface area contributed by atoms with E-state index in [1.807, 2.05) is 0 Å². The van der Waals surface area contributed by atoms with E-state index >= 15 is 0 Å². The van der Waals surface area contributed by atoms with E-state index in [2.05, 4.69) is 6.92 Å². The van der Waals surface area contributed by atoms with Gasteiger partial charge in [0, 0.05) is 19.0 Å². The molecule has 4 nitrogen and oxygen atoms in total. The summed E-state index contributed by atoms with van der Waals surface area (Å²) in [7, 11) is -2.01. The zero-order valence-corrected chi connectivity index (χ0v) is 13.4. The highest BCUT2D eigenvalue weighted by molar-refractivity contribution is 7.89. The van der Waals surface area contributed by atoms with E-state index in [1.165, 1.54) is 7.11 Å². The zero-order valence-electron chi connectivity index (χ0n) is 11.8. The standard InChI is InChI=1S/C14H20ClNO3S/c1-3-11-6-7-16(10-11)20(17,18)14-5-4-12(9-15)8-13(14)19-2/h4-5,8,11H,3,6-7,9-10H2,1-2H3. The van der Waals surface area contributed by atoms with Gasteiger partial charge in [-0.1, -0.05) is 19.4 Å². The molecule has 0 aromatic heterocycles. The molecule has 1 fully saturated rings. The number of benzene rings is 1. The number of alkyl halides is 1. The molecule has 2 rings (SSSR count). The molecule has 1 saturated heterocycles. The largest absolute Gasteiger partial charge is 0.495 e. The van der Waals surface area contributed by atoms with Crippen LogP contribution < -0.4 is 4.74 Å². The monoisotopic (exact) mass is 317 g/mol. The molecule has 112 valence electrons. The van der Waals surface area contributed by atoms with E-state index in [0.717, 1.165) is 18.4 Å². The topological polar surface area (TPSA) is 46.6 Å². The minimum absolute atomic E-state index is 0.227. The third kappa shape index (κ3) is 2.95. The SMILES string of the molecule is CCC1CCN(S(=O)(=O)c2ccc(CCl)cc2OC)C1. The summed E-state index contributed by atoms with van der Waals surface area (Å²) in [6, 6.07) is 5.01. The molecule has 0 spiro atoms. The third-order valence-corrected chi connectivity index (χ3v) is 6.04. The van der Waals surface area contributed by atoms with Gasteiger partial charge in [0.05, 0.1) is 7.11 Å². The maximum atomic E-state index is 12.7. The van der Waals surface area contributed by atoms with Gasteiger partial charge >= 0.3 is 0 Å². The Balaban J connectivity index is 2.34. The van der Waals surface area contributed by atoms with E-state index in [4.69, 9.17) is 16.3 Å². The van der Waals surface area contributed by atoms with Gasteiger partial charge in [-0.05, 0) is 30.0 Å². The van der Waals surface area contributed by atoms with Gasteiger partial charge in [0.25, 0.3) is 0 Å². The number of hydrogen-bond acceptors (Lipinski definition) is 3. The fourth-order valence-electron chi connectivity index (χ4n) is 2.50. The summed E-state index contributed by atoms with van der Waals surface area (Å²) in [5, 5.41) is 0. The Hall–Kier alpha value is -0.780. The summed E-state index contributed by atoms with van der Waals surface area (Å²) in [6.45, 7) is 3.27. The zero-order chi connectivity index (χ0) is 14.8. The van der Waals surface area contributed by atoms with Gasteiger partial charge in [-0.15, -0.1) is 11.6 Å². The molecule has 0 amide bonds. The molecule has 0 radical (unpaired) electrons. The smallest absolute Gasteiger partial charge is 0.246 e. The minimum atomic E-state index is -3.48. The first-order chi connectivity index (χ1) is 9.52. The molecule has 1 aromatic carbocycles. The molecule has 1 aliphatic heterocycles. The van der Waals surface area contributed by atoms with Gasteiger partial charge in [0.2, 0.25) is 10.0 Å². The van der Waals surface area contributed by atoms with Crippen LogP contribution in [0.1, 0.15) is 25.3 Å². The molecule has 0 N–H and O–H groups in total. The van der Waals surface area contributed by atoms with Crippen LogP contribution in [-0.4, -0.2) is 32.9 Å². The van der Waals surface area contributed by atoms with E-state index in [0.29, 0.717) is 30.6 Å². The summed E-state index contributed by atoms with van der Waals surface area (Å²) in [5.74, 6) is 1.15. The van der Waals surface area contributed by atoms with Crippen LogP contribution in [0.5, 0.6) is 5.75 Å². The van der Waals surface area contributed by atoms with Gasteiger partial charge < -0.3 is 4.74 Å². The summed E-state index contributed by atoms with van der Waals surface area (Å²) < 4.78 is 32.2. The summed E-state index contributed by atoms with van der Waals surface area (Å²) in [5.41, 5.74) is 0.843. The van der Waals surface area contributed by atoms with Crippen molar-refractivity contribution >= 4 is 21.6 Å². The Morgan fingerprint density at radius 1 is 1.45 bits per heavy atom. The van der Waals surface area contributed by atoms with Crippen molar-refractivity contribution in [1.82, 2.24) is 4.31 Å². The fraction of sp³-hybridized carbons (Fsp3) is 0.571. The molecule has 1 heterocycles. The fourth-order valence-corrected chi connectivity index (χ4v) is 4.33. The molecule has 1 aliphatic rings. The van der Waals surface area contributed by atoms with Crippen LogP contribution in [0.2, 0.25) is 0 Å². The lowest BCUT2D eigenvalue weighted by Crippen LogP contribution is -2.29. The predicted octanol–water partition coefficient (Wildman–Crippen LogP) is 2.85. The Morgan fingerprint density at radius 2 is 2.20 bits per heavy atom. The maximum Gasteiger partial charge on any atom is 0.246 e. The first-order valence-electron chi connectivity index (χ1n) is 6.76. The molecule has 1 unspecified atom stereocenters. The average molecular weight is 318 g/mol. The highest BCUT2D eigenvalue weighted by atomic mass is 35.5. The van der Waals surface area contributed by atoms with Crippen molar-refractivity contribution in [2.75, 3.05) is 20.2 Å². The normalized spacial score (nSPS) is 20.2. The number of rotatable bonds is 5. The lowest BCUT2D eigenvalue weighted by Gasteiger charge is -2.18. The van der Waals surface area contributed by atoms with Crippen LogP contribution in [-0.2, 0) is 15.9 Å². The molecular weight excluding hydrogens is 298 g/mol. The second-order valence-electron chi connectivity index (χ2n) is 5.04. The van der Waals surface area contributed by atoms with Crippen molar-refractivity contribution < 1.29 is 13.2 Å². The summed E-state index contributed by atoms with van der Waals surface area (Å²) >= 11 is 5.77. The number of ether oxygens (including phenoxy) is 1. The van der Waals surface area contributed by atoms with Crippen LogP contribution in [0.15, 0.2) is 23.1 Å². The van der Waals surface area contributed by atoms with Crippen molar-refractivity contribution in [3.8, 4) is 5.75 Å². The molecule has 0 aliphatic carbocycles. The predicted molar refractivity (Wildman–Crippen MR) is 79.7 cm³/mol. The first-order valence-corrected chi connectivity index (χ1v) is 8.73. The van der Waals surface area contributed by atoms with Gasteiger partial charge in [-0.25, -0.2) is 8.42 Å². The van der Waals surface area contributed by atoms with E-state index < -0.39 is 10.0 Å². The second kappa shape index (κ2) is 6.33. The molecule has 6 heteroatoms. The Kier molecular flexibility index (Phi) is 4.94. The Labute approximate surface area is 125 Å². The molecular formula is C14H20ClNO3S. The molecule has 0 bridgehead atoms. The Bertz CT molecular complexity index is 574. The molecule has 1 aromatic rings. The lowest BCUT2D eigenvalue weighted by molar-refractivity contribution is 0.396. The molecule has 20 heavy (non-hydrogen) atoms. The molecule has 0 saturated carbocycles. The number of sulfonamides is 1. The van der Waals surface area contributed by atoms with Crippen LogP contribution in [0.25, 0.3) is 0 Å². The van der Waals surface area contributed by atoms with Crippen LogP contribution in [0, 0.1) is 5.92 Å².